The zero-order valence-electron chi connectivity index (χ0n) is 14.6. The van der Waals surface area contributed by atoms with Gasteiger partial charge in [0.1, 0.15) is 0 Å². The molecule has 9 heteroatoms. The first kappa shape index (κ1) is 20.9. The van der Waals surface area contributed by atoms with Gasteiger partial charge in [-0.25, -0.2) is 14.4 Å². The van der Waals surface area contributed by atoms with E-state index in [4.69, 9.17) is 9.57 Å². The highest BCUT2D eigenvalue weighted by atomic mass is 16.7. The third-order valence-electron chi connectivity index (χ3n) is 3.52. The number of urea groups is 1. The molecule has 9 nitrogen and oxygen atoms in total. The van der Waals surface area contributed by atoms with Crippen LogP contribution in [0.25, 0.3) is 0 Å². The van der Waals surface area contributed by atoms with Gasteiger partial charge in [0.25, 0.3) is 0 Å². The fourth-order valence-corrected chi connectivity index (χ4v) is 1.99. The van der Waals surface area contributed by atoms with E-state index < -0.39 is 30.3 Å². The molecular formula is C16H26N2O7. The molecule has 0 saturated heterocycles. The van der Waals surface area contributed by atoms with Crippen LogP contribution in [0.5, 0.6) is 0 Å². The van der Waals surface area contributed by atoms with Crippen molar-refractivity contribution in [3.8, 4) is 0 Å². The van der Waals surface area contributed by atoms with Crippen molar-refractivity contribution in [2.24, 2.45) is 0 Å². The van der Waals surface area contributed by atoms with Gasteiger partial charge in [-0.2, -0.15) is 0 Å². The monoisotopic (exact) mass is 358 g/mol. The molecule has 1 aliphatic heterocycles. The van der Waals surface area contributed by atoms with Gasteiger partial charge in [-0.05, 0) is 18.9 Å². The molecule has 2 unspecified atom stereocenters. The Morgan fingerprint density at radius 2 is 1.88 bits per heavy atom. The summed E-state index contributed by atoms with van der Waals surface area (Å²) in [5.41, 5.74) is 0. The second-order valence-electron chi connectivity index (χ2n) is 5.61. The van der Waals surface area contributed by atoms with Gasteiger partial charge in [0.2, 0.25) is 6.23 Å². The van der Waals surface area contributed by atoms with Crippen LogP contribution in [0.3, 0.4) is 0 Å². The van der Waals surface area contributed by atoms with Gasteiger partial charge in [0.05, 0.1) is 6.61 Å². The number of carbonyl (C=O) groups excluding carboxylic acids is 3. The van der Waals surface area contributed by atoms with Gasteiger partial charge >= 0.3 is 18.0 Å². The predicted octanol–water partition coefficient (Wildman–Crippen LogP) is 0.909. The van der Waals surface area contributed by atoms with Crippen LogP contribution in [-0.4, -0.2) is 63.6 Å². The summed E-state index contributed by atoms with van der Waals surface area (Å²) in [6.45, 7) is 3.93. The van der Waals surface area contributed by atoms with E-state index in [1.807, 2.05) is 13.8 Å². The maximum Gasteiger partial charge on any atom is 0.361 e. The SMILES string of the molecule is CCCCOC(=O)C(O)N1CC=CN(OC(=O)C(O)CCCC)C1=O. The number of hydroxylamine groups is 2. The van der Waals surface area contributed by atoms with Crippen molar-refractivity contribution >= 4 is 18.0 Å². The van der Waals surface area contributed by atoms with Gasteiger partial charge < -0.3 is 19.8 Å². The average molecular weight is 358 g/mol. The lowest BCUT2D eigenvalue weighted by Gasteiger charge is -2.32. The number of esters is 1. The maximum atomic E-state index is 12.2. The second kappa shape index (κ2) is 10.7. The van der Waals surface area contributed by atoms with E-state index in [1.54, 1.807) is 0 Å². The van der Waals surface area contributed by atoms with Gasteiger partial charge in [0.15, 0.2) is 6.10 Å². The van der Waals surface area contributed by atoms with E-state index >= 15 is 0 Å². The van der Waals surface area contributed by atoms with Crippen molar-refractivity contribution in [3.05, 3.63) is 12.3 Å². The van der Waals surface area contributed by atoms with Gasteiger partial charge in [-0.3, -0.25) is 4.90 Å². The van der Waals surface area contributed by atoms with E-state index in [1.165, 1.54) is 12.3 Å². The molecule has 1 rings (SSSR count). The largest absolute Gasteiger partial charge is 0.462 e. The number of rotatable bonds is 10. The Kier molecular flexibility index (Phi) is 8.93. The summed E-state index contributed by atoms with van der Waals surface area (Å²) < 4.78 is 4.87. The van der Waals surface area contributed by atoms with Crippen LogP contribution in [0, 0.1) is 0 Å². The molecule has 0 fully saturated rings. The van der Waals surface area contributed by atoms with Crippen molar-refractivity contribution in [3.63, 3.8) is 0 Å². The number of hydrogen-bond donors (Lipinski definition) is 2. The third kappa shape index (κ3) is 6.35. The Morgan fingerprint density at radius 1 is 1.20 bits per heavy atom. The van der Waals surface area contributed by atoms with Crippen LogP contribution in [0.1, 0.15) is 46.0 Å². The van der Waals surface area contributed by atoms with Crippen molar-refractivity contribution < 1.29 is 34.2 Å². The first-order chi connectivity index (χ1) is 11.9. The third-order valence-corrected chi connectivity index (χ3v) is 3.52. The summed E-state index contributed by atoms with van der Waals surface area (Å²) in [6, 6.07) is -0.904. The van der Waals surface area contributed by atoms with E-state index in [9.17, 15) is 24.6 Å². The highest BCUT2D eigenvalue weighted by Crippen LogP contribution is 2.13. The van der Waals surface area contributed by atoms with Crippen LogP contribution in [0.2, 0.25) is 0 Å². The van der Waals surface area contributed by atoms with Crippen molar-refractivity contribution in [2.45, 2.75) is 58.3 Å². The molecule has 2 N–H and O–H groups in total. The van der Waals surface area contributed by atoms with Gasteiger partial charge in [0, 0.05) is 12.7 Å². The summed E-state index contributed by atoms with van der Waals surface area (Å²) in [4.78, 5) is 41.4. The molecule has 0 aromatic heterocycles. The number of hydrogen-bond acceptors (Lipinski definition) is 7. The van der Waals surface area contributed by atoms with E-state index in [-0.39, 0.29) is 19.6 Å². The lowest BCUT2D eigenvalue weighted by atomic mass is 10.2. The molecule has 0 aromatic carbocycles. The molecular weight excluding hydrogens is 332 g/mol. The molecule has 0 aromatic rings. The fourth-order valence-electron chi connectivity index (χ4n) is 1.99. The highest BCUT2D eigenvalue weighted by molar-refractivity contribution is 5.84. The van der Waals surface area contributed by atoms with Crippen LogP contribution in [0.4, 0.5) is 4.79 Å². The molecule has 1 heterocycles. The maximum absolute atomic E-state index is 12.2. The summed E-state index contributed by atoms with van der Waals surface area (Å²) in [6.07, 6.45) is 2.58. The summed E-state index contributed by atoms with van der Waals surface area (Å²) in [5, 5.41) is 20.2. The zero-order chi connectivity index (χ0) is 18.8. The normalized spacial score (nSPS) is 16.6. The number of ether oxygens (including phenoxy) is 1. The first-order valence-electron chi connectivity index (χ1n) is 8.43. The molecule has 2 atom stereocenters. The number of aliphatic hydroxyl groups excluding tert-OH is 2. The minimum Gasteiger partial charge on any atom is -0.462 e. The lowest BCUT2D eigenvalue weighted by molar-refractivity contribution is -0.184. The van der Waals surface area contributed by atoms with Gasteiger partial charge in [-0.1, -0.05) is 33.1 Å². The molecule has 0 radical (unpaired) electrons. The number of amides is 2. The Balaban J connectivity index is 2.61. The predicted molar refractivity (Wildman–Crippen MR) is 86.6 cm³/mol. The van der Waals surface area contributed by atoms with Crippen LogP contribution in [-0.2, 0) is 19.2 Å². The molecule has 2 amide bonds. The van der Waals surface area contributed by atoms with Gasteiger partial charge in [-0.15, -0.1) is 5.06 Å². The number of unbranched alkanes of at least 4 members (excludes halogenated alkanes) is 2. The molecule has 0 saturated carbocycles. The average Bonchev–Trinajstić information content (AvgIpc) is 2.60. The standard InChI is InChI=1S/C16H26N2O7/c1-3-5-8-12(19)14(21)25-18-10-7-9-17(16(18)23)13(20)15(22)24-11-6-4-2/h7,10,12-13,19-20H,3-6,8-9,11H2,1-2H3. The minimum atomic E-state index is -1.81. The molecule has 1 aliphatic rings. The smallest absolute Gasteiger partial charge is 0.361 e. The molecule has 142 valence electrons. The minimum absolute atomic E-state index is 0.0463. The van der Waals surface area contributed by atoms with E-state index in [2.05, 4.69) is 0 Å². The molecule has 0 spiro atoms. The summed E-state index contributed by atoms with van der Waals surface area (Å²) in [7, 11) is 0. The fraction of sp³-hybridized carbons (Fsp3) is 0.688. The van der Waals surface area contributed by atoms with Crippen LogP contribution >= 0.6 is 0 Å². The topological polar surface area (TPSA) is 117 Å². The lowest BCUT2D eigenvalue weighted by Crippen LogP contribution is -2.53. The zero-order valence-corrected chi connectivity index (χ0v) is 14.6. The quantitative estimate of drug-likeness (QED) is 0.440. The molecule has 25 heavy (non-hydrogen) atoms. The molecule has 0 bridgehead atoms. The summed E-state index contributed by atoms with van der Waals surface area (Å²) in [5.74, 6) is -1.93. The number of nitrogens with zero attached hydrogens (tertiary/aromatic N) is 2. The Hall–Kier alpha value is -2.13. The highest BCUT2D eigenvalue weighted by Gasteiger charge is 2.35. The van der Waals surface area contributed by atoms with E-state index in [0.717, 1.165) is 17.7 Å². The summed E-state index contributed by atoms with van der Waals surface area (Å²) >= 11 is 0. The van der Waals surface area contributed by atoms with Crippen molar-refractivity contribution in [2.75, 3.05) is 13.2 Å². The van der Waals surface area contributed by atoms with E-state index in [0.29, 0.717) is 17.9 Å². The second-order valence-corrected chi connectivity index (χ2v) is 5.61. The van der Waals surface area contributed by atoms with Crippen molar-refractivity contribution in [1.82, 2.24) is 9.96 Å². The van der Waals surface area contributed by atoms with Crippen LogP contribution < -0.4 is 0 Å². The molecule has 0 aliphatic carbocycles. The first-order valence-corrected chi connectivity index (χ1v) is 8.43. The number of carbonyl (C=O) groups is 3. The Labute approximate surface area is 146 Å². The van der Waals surface area contributed by atoms with Crippen LogP contribution in [0.15, 0.2) is 12.3 Å². The number of aliphatic hydroxyl groups is 2. The Bertz CT molecular complexity index is 495. The van der Waals surface area contributed by atoms with Crippen molar-refractivity contribution in [1.29, 1.82) is 0 Å². The Morgan fingerprint density at radius 3 is 2.52 bits per heavy atom.